The molecule has 27 heavy (non-hydrogen) atoms. The number of hydrogen-bond donors (Lipinski definition) is 1. The maximum absolute atomic E-state index is 12.9. The Bertz CT molecular complexity index is 1240. The van der Waals surface area contributed by atoms with Crippen molar-refractivity contribution in [1.82, 2.24) is 19.6 Å². The minimum Gasteiger partial charge on any atom is -0.317 e. The van der Waals surface area contributed by atoms with Gasteiger partial charge in [0.1, 0.15) is 12.0 Å². The Labute approximate surface area is 154 Å². The van der Waals surface area contributed by atoms with Crippen LogP contribution in [0.1, 0.15) is 19.7 Å². The van der Waals surface area contributed by atoms with E-state index in [4.69, 9.17) is 9.05 Å². The number of H-pyrrole nitrogens is 1. The number of nitrogens with zero attached hydrogens (tertiary/aromatic N) is 3. The van der Waals surface area contributed by atoms with Crippen molar-refractivity contribution < 1.29 is 13.6 Å². The van der Waals surface area contributed by atoms with Gasteiger partial charge in [-0.25, -0.2) is 0 Å². The smallest absolute Gasteiger partial charge is 0.317 e. The summed E-state index contributed by atoms with van der Waals surface area (Å²) in [4.78, 5) is 15.4. The summed E-state index contributed by atoms with van der Waals surface area (Å²) in [6, 6.07) is 11.6. The van der Waals surface area contributed by atoms with Crippen LogP contribution in [0, 0.1) is 0 Å². The van der Waals surface area contributed by atoms with Gasteiger partial charge >= 0.3 is 7.60 Å². The Kier molecular flexibility index (Phi) is 4.55. The van der Waals surface area contributed by atoms with Gasteiger partial charge in [0.2, 0.25) is 5.65 Å². The maximum atomic E-state index is 12.9. The molecular weight excluding hydrogens is 367 g/mol. The minimum absolute atomic E-state index is 0.0682. The Morgan fingerprint density at radius 3 is 2.56 bits per heavy atom. The van der Waals surface area contributed by atoms with Crippen molar-refractivity contribution in [2.24, 2.45) is 0 Å². The number of hydrogen-bond acceptors (Lipinski definition) is 6. The van der Waals surface area contributed by atoms with Crippen molar-refractivity contribution in [3.63, 3.8) is 0 Å². The lowest BCUT2D eigenvalue weighted by molar-refractivity contribution is 0.218. The van der Waals surface area contributed by atoms with E-state index in [1.807, 2.05) is 36.4 Å². The SMILES string of the molecule is CCOP(=O)(Cc1nnc2c(=O)[nH]c3c4ccccc4ccc3n12)OCC. The molecule has 140 valence electrons. The highest BCUT2D eigenvalue weighted by atomic mass is 31.2. The van der Waals surface area contributed by atoms with Crippen LogP contribution < -0.4 is 5.56 Å². The Morgan fingerprint density at radius 2 is 1.81 bits per heavy atom. The third kappa shape index (κ3) is 3.06. The molecule has 0 amide bonds. The molecule has 0 aliphatic heterocycles. The molecule has 0 atom stereocenters. The van der Waals surface area contributed by atoms with E-state index in [1.165, 1.54) is 0 Å². The predicted octanol–water partition coefficient (Wildman–Crippen LogP) is 3.49. The summed E-state index contributed by atoms with van der Waals surface area (Å²) in [5.41, 5.74) is 1.18. The van der Waals surface area contributed by atoms with Gasteiger partial charge in [0.05, 0.1) is 24.2 Å². The van der Waals surface area contributed by atoms with Crippen molar-refractivity contribution >= 4 is 35.0 Å². The summed E-state index contributed by atoms with van der Waals surface area (Å²) in [6.07, 6.45) is -0.0682. The molecule has 0 fully saturated rings. The highest BCUT2D eigenvalue weighted by molar-refractivity contribution is 7.53. The van der Waals surface area contributed by atoms with Crippen LogP contribution in [-0.4, -0.2) is 32.8 Å². The number of benzene rings is 2. The average Bonchev–Trinajstić information content (AvgIpc) is 3.06. The van der Waals surface area contributed by atoms with E-state index < -0.39 is 7.60 Å². The molecule has 2 heterocycles. The number of aromatic nitrogens is 4. The average molecular weight is 386 g/mol. The van der Waals surface area contributed by atoms with Gasteiger partial charge in [-0.1, -0.05) is 30.3 Å². The fraction of sp³-hybridized carbons (Fsp3) is 0.278. The Balaban J connectivity index is 1.99. The second-order valence-corrected chi connectivity index (χ2v) is 8.07. The van der Waals surface area contributed by atoms with Crippen LogP contribution in [0.25, 0.3) is 27.5 Å². The molecule has 4 rings (SSSR count). The number of fused-ring (bicyclic) bond motifs is 5. The van der Waals surface area contributed by atoms with Gasteiger partial charge in [0.25, 0.3) is 5.56 Å². The van der Waals surface area contributed by atoms with Crippen molar-refractivity contribution in [3.05, 3.63) is 52.6 Å². The number of nitrogens with one attached hydrogen (secondary N) is 1. The number of aromatic amines is 1. The minimum atomic E-state index is -3.39. The third-order valence-corrected chi connectivity index (χ3v) is 6.28. The first-order valence-electron chi connectivity index (χ1n) is 8.72. The molecule has 4 aromatic rings. The molecule has 0 saturated carbocycles. The zero-order valence-corrected chi connectivity index (χ0v) is 15.9. The normalized spacial score (nSPS) is 12.4. The summed E-state index contributed by atoms with van der Waals surface area (Å²) >= 11 is 0. The molecule has 9 heteroatoms. The zero-order valence-electron chi connectivity index (χ0n) is 15.0. The van der Waals surface area contributed by atoms with E-state index in [1.54, 1.807) is 18.2 Å². The first-order valence-corrected chi connectivity index (χ1v) is 10.4. The first kappa shape index (κ1) is 17.9. The molecule has 0 radical (unpaired) electrons. The van der Waals surface area contributed by atoms with Gasteiger partial charge < -0.3 is 14.0 Å². The van der Waals surface area contributed by atoms with Gasteiger partial charge in [-0.05, 0) is 25.3 Å². The molecule has 2 aromatic carbocycles. The predicted molar refractivity (Wildman–Crippen MR) is 103 cm³/mol. The van der Waals surface area contributed by atoms with E-state index >= 15 is 0 Å². The quantitative estimate of drug-likeness (QED) is 0.402. The van der Waals surface area contributed by atoms with Crippen LogP contribution in [0.4, 0.5) is 0 Å². The molecule has 0 spiro atoms. The Hall–Kier alpha value is -2.54. The lowest BCUT2D eigenvalue weighted by Gasteiger charge is -2.16. The summed E-state index contributed by atoms with van der Waals surface area (Å²) in [7, 11) is -3.39. The second-order valence-electron chi connectivity index (χ2n) is 6.01. The van der Waals surface area contributed by atoms with Crippen LogP contribution in [-0.2, 0) is 19.8 Å². The van der Waals surface area contributed by atoms with E-state index in [-0.39, 0.29) is 30.6 Å². The van der Waals surface area contributed by atoms with Crippen LogP contribution in [0.2, 0.25) is 0 Å². The van der Waals surface area contributed by atoms with Crippen molar-refractivity contribution in [2.75, 3.05) is 13.2 Å². The van der Waals surface area contributed by atoms with Crippen molar-refractivity contribution in [1.29, 1.82) is 0 Å². The maximum Gasteiger partial charge on any atom is 0.338 e. The zero-order chi connectivity index (χ0) is 19.0. The molecule has 2 aromatic heterocycles. The molecule has 0 bridgehead atoms. The molecule has 0 saturated heterocycles. The lowest BCUT2D eigenvalue weighted by atomic mass is 10.1. The number of rotatable bonds is 6. The lowest BCUT2D eigenvalue weighted by Crippen LogP contribution is -2.12. The summed E-state index contributed by atoms with van der Waals surface area (Å²) in [5.74, 6) is 0.363. The van der Waals surface area contributed by atoms with Crippen LogP contribution in [0.5, 0.6) is 0 Å². The standard InChI is InChI=1S/C18H19N4O4P/c1-3-25-27(24,26-4-2)11-15-20-21-17-18(23)19-16-13-8-6-5-7-12(13)9-10-14(16)22(15)17/h5-10H,3-4,11H2,1-2H3,(H,19,23). The second kappa shape index (κ2) is 6.88. The van der Waals surface area contributed by atoms with Gasteiger partial charge in [-0.3, -0.25) is 13.8 Å². The molecule has 0 aliphatic carbocycles. The highest BCUT2D eigenvalue weighted by Gasteiger charge is 2.28. The van der Waals surface area contributed by atoms with Crippen LogP contribution >= 0.6 is 7.60 Å². The van der Waals surface area contributed by atoms with E-state index in [9.17, 15) is 9.36 Å². The van der Waals surface area contributed by atoms with Gasteiger partial charge in [-0.15, -0.1) is 10.2 Å². The fourth-order valence-electron chi connectivity index (χ4n) is 3.26. The fourth-order valence-corrected chi connectivity index (χ4v) is 4.86. The molecule has 1 N–H and O–H groups in total. The largest absolute Gasteiger partial charge is 0.338 e. The van der Waals surface area contributed by atoms with Gasteiger partial charge in [0, 0.05) is 5.39 Å². The monoisotopic (exact) mass is 386 g/mol. The summed E-state index contributed by atoms with van der Waals surface area (Å²) in [6.45, 7) is 4.00. The van der Waals surface area contributed by atoms with E-state index in [0.717, 1.165) is 16.3 Å². The highest BCUT2D eigenvalue weighted by Crippen LogP contribution is 2.51. The van der Waals surface area contributed by atoms with Crippen LogP contribution in [0.15, 0.2) is 41.2 Å². The molecular formula is C18H19N4O4P. The van der Waals surface area contributed by atoms with Gasteiger partial charge in [-0.2, -0.15) is 0 Å². The van der Waals surface area contributed by atoms with Gasteiger partial charge in [0.15, 0.2) is 0 Å². The first-order chi connectivity index (χ1) is 13.1. The third-order valence-electron chi connectivity index (χ3n) is 4.31. The summed E-state index contributed by atoms with van der Waals surface area (Å²) in [5, 5.41) is 10.00. The van der Waals surface area contributed by atoms with Crippen molar-refractivity contribution in [2.45, 2.75) is 20.0 Å². The topological polar surface area (TPSA) is 98.6 Å². The van der Waals surface area contributed by atoms with E-state index in [0.29, 0.717) is 11.3 Å². The molecule has 0 aliphatic rings. The Morgan fingerprint density at radius 1 is 1.07 bits per heavy atom. The molecule has 0 unspecified atom stereocenters. The van der Waals surface area contributed by atoms with Crippen molar-refractivity contribution in [3.8, 4) is 0 Å². The summed E-state index contributed by atoms with van der Waals surface area (Å²) < 4.78 is 25.3. The van der Waals surface area contributed by atoms with Crippen LogP contribution in [0.3, 0.4) is 0 Å². The van der Waals surface area contributed by atoms with E-state index in [2.05, 4.69) is 15.2 Å². The molecule has 8 nitrogen and oxygen atoms in total.